The van der Waals surface area contributed by atoms with Crippen LogP contribution in [0.15, 0.2) is 72.5 Å². The van der Waals surface area contributed by atoms with Crippen LogP contribution in [0.4, 0.5) is 31.5 Å². The third-order valence-corrected chi connectivity index (χ3v) is 15.8. The van der Waals surface area contributed by atoms with Crippen LogP contribution in [0.3, 0.4) is 0 Å². The Morgan fingerprint density at radius 2 is 1.72 bits per heavy atom. The molecule has 354 valence electrons. The van der Waals surface area contributed by atoms with Gasteiger partial charge in [0.15, 0.2) is 17.0 Å². The van der Waals surface area contributed by atoms with Crippen molar-refractivity contribution in [2.75, 3.05) is 65.8 Å². The number of amides is 6. The van der Waals surface area contributed by atoms with Gasteiger partial charge in [0, 0.05) is 123 Å². The van der Waals surface area contributed by atoms with Crippen LogP contribution in [0, 0.1) is 17.2 Å². The third kappa shape index (κ3) is 7.66. The number of thiazole rings is 1. The number of carbonyl (C=O) groups excluding carboxylic acids is 5. The molecule has 1 spiro atoms. The van der Waals surface area contributed by atoms with E-state index >= 15 is 4.39 Å². The Labute approximate surface area is 400 Å². The SMILES string of the molecule is Cn1nc(N2CCC(=O)NC2=O)c2ccc(N3CCCC(CC(=O)N4CC5(C4)CN(c4ccc(-c6cc(F)c7c(c6)C(=O)N(C(C(=O)Nc6nccs6)c6ncn8c6CCC8)C7)cc4)C5)CC3)cc21. The van der Waals surface area contributed by atoms with Crippen LogP contribution in [0.2, 0.25) is 0 Å². The molecule has 6 aliphatic heterocycles. The Morgan fingerprint density at radius 3 is 2.52 bits per heavy atom. The topological polar surface area (TPSA) is 174 Å². The summed E-state index contributed by atoms with van der Waals surface area (Å²) < 4.78 is 19.8. The molecule has 0 saturated carbocycles. The van der Waals surface area contributed by atoms with Crippen molar-refractivity contribution >= 4 is 74.2 Å². The number of fused-ring (bicyclic) bond motifs is 3. The predicted octanol–water partition coefficient (Wildman–Crippen LogP) is 6.11. The molecule has 6 aromatic rings. The van der Waals surface area contributed by atoms with E-state index in [1.807, 2.05) is 46.8 Å². The van der Waals surface area contributed by atoms with E-state index in [4.69, 9.17) is 0 Å². The number of aryl methyl sites for hydroxylation is 2. The number of aromatic nitrogens is 5. The fraction of sp³-hybridized carbons (Fsp3) is 0.400. The van der Waals surface area contributed by atoms with Crippen LogP contribution < -0.4 is 25.3 Å². The molecule has 19 heteroatoms. The van der Waals surface area contributed by atoms with Gasteiger partial charge >= 0.3 is 6.03 Å². The van der Waals surface area contributed by atoms with Gasteiger partial charge in [-0.3, -0.25) is 39.4 Å². The lowest BCUT2D eigenvalue weighted by molar-refractivity contribution is -0.146. The molecular formula is C50H51FN12O5S. The zero-order valence-corrected chi connectivity index (χ0v) is 39.0. The summed E-state index contributed by atoms with van der Waals surface area (Å²) in [7, 11) is 1.87. The summed E-state index contributed by atoms with van der Waals surface area (Å²) in [4.78, 5) is 84.4. The highest BCUT2D eigenvalue weighted by Crippen LogP contribution is 2.44. The normalized spacial score (nSPS) is 20.2. The molecule has 0 aliphatic carbocycles. The second-order valence-corrected chi connectivity index (χ2v) is 20.5. The molecule has 2 unspecified atom stereocenters. The maximum atomic E-state index is 16.0. The van der Waals surface area contributed by atoms with Crippen LogP contribution in [-0.2, 0) is 40.9 Å². The van der Waals surface area contributed by atoms with Crippen molar-refractivity contribution in [3.8, 4) is 11.1 Å². The van der Waals surface area contributed by atoms with E-state index < -0.39 is 29.7 Å². The van der Waals surface area contributed by atoms with Gasteiger partial charge in [-0.1, -0.05) is 12.1 Å². The first-order valence-electron chi connectivity index (χ1n) is 23.8. The second kappa shape index (κ2) is 16.8. The molecule has 3 aromatic carbocycles. The summed E-state index contributed by atoms with van der Waals surface area (Å²) in [5, 5.41) is 12.9. The first kappa shape index (κ1) is 43.2. The minimum Gasteiger partial charge on any atom is -0.371 e. The standard InChI is InChI=1S/C50H51FN12O5S/c1-57-40-23-34(10-11-35(40)45(56-57)62-18-13-41(64)54-49(62)68)58-15-2-4-30(12-17-58)20-42(65)61-27-50(28-61)25-60(26-50)33-8-6-31(7-9-33)32-21-36-37(38(51)22-32)24-63(47(36)67)44(46(66)55-48-52-14-19-69-48)43-39-5-3-16-59(39)29-53-43/h6-11,14,19,21-23,29-30,44H,2-5,12-13,15-18,20,24-28H2,1H3,(H,52,55,66)(H,54,64,68). The number of halogens is 1. The number of anilines is 4. The number of imide groups is 1. The number of imidazole rings is 1. The Hall–Kier alpha value is -7.15. The number of carbonyl (C=O) groups is 5. The molecule has 2 atom stereocenters. The van der Waals surface area contributed by atoms with E-state index in [1.54, 1.807) is 28.7 Å². The van der Waals surface area contributed by atoms with E-state index in [2.05, 4.69) is 47.6 Å². The molecule has 0 radical (unpaired) electrons. The minimum absolute atomic E-state index is 0.0511. The first-order valence-corrected chi connectivity index (χ1v) is 24.7. The van der Waals surface area contributed by atoms with Gasteiger partial charge in [0.05, 0.1) is 24.1 Å². The molecule has 3 aromatic heterocycles. The lowest BCUT2D eigenvalue weighted by Crippen LogP contribution is -2.73. The van der Waals surface area contributed by atoms with E-state index in [9.17, 15) is 24.0 Å². The zero-order chi connectivity index (χ0) is 47.1. The number of nitrogens with zero attached hydrogens (tertiary/aromatic N) is 10. The number of hydrogen-bond donors (Lipinski definition) is 2. The maximum Gasteiger partial charge on any atom is 0.329 e. The fourth-order valence-corrected chi connectivity index (χ4v) is 12.0. The molecule has 4 saturated heterocycles. The number of benzene rings is 3. The molecular weight excluding hydrogens is 900 g/mol. The molecule has 6 amide bonds. The van der Waals surface area contributed by atoms with Gasteiger partial charge in [0.1, 0.15) is 5.82 Å². The average Bonchev–Trinajstić information content (AvgIpc) is 4.15. The maximum absolute atomic E-state index is 16.0. The van der Waals surface area contributed by atoms with Gasteiger partial charge < -0.3 is 24.2 Å². The number of hydrogen-bond acceptors (Lipinski definition) is 11. The van der Waals surface area contributed by atoms with Crippen molar-refractivity contribution < 1.29 is 28.4 Å². The number of nitrogens with one attached hydrogen (secondary N) is 2. The Kier molecular flexibility index (Phi) is 10.5. The van der Waals surface area contributed by atoms with E-state index in [-0.39, 0.29) is 41.3 Å². The molecule has 17 nitrogen and oxygen atoms in total. The van der Waals surface area contributed by atoms with Gasteiger partial charge in [-0.25, -0.2) is 19.2 Å². The zero-order valence-electron chi connectivity index (χ0n) is 38.2. The lowest BCUT2D eigenvalue weighted by Gasteiger charge is -2.61. The van der Waals surface area contributed by atoms with Crippen molar-refractivity contribution in [3.63, 3.8) is 0 Å². The molecule has 9 heterocycles. The highest BCUT2D eigenvalue weighted by Gasteiger charge is 2.53. The summed E-state index contributed by atoms with van der Waals surface area (Å²) in [6, 6.07) is 15.9. The highest BCUT2D eigenvalue weighted by molar-refractivity contribution is 7.13. The van der Waals surface area contributed by atoms with Gasteiger partial charge in [-0.15, -0.1) is 11.3 Å². The molecule has 6 aliphatic rings. The van der Waals surface area contributed by atoms with E-state index in [0.717, 1.165) is 111 Å². The van der Waals surface area contributed by atoms with Gasteiger partial charge in [-0.2, -0.15) is 5.10 Å². The van der Waals surface area contributed by atoms with Crippen molar-refractivity contribution in [2.45, 2.75) is 64.1 Å². The van der Waals surface area contributed by atoms with E-state index in [0.29, 0.717) is 41.1 Å². The van der Waals surface area contributed by atoms with Crippen LogP contribution in [0.1, 0.15) is 71.9 Å². The van der Waals surface area contributed by atoms with Crippen LogP contribution in [0.5, 0.6) is 0 Å². The number of rotatable bonds is 10. The lowest BCUT2D eigenvalue weighted by atomic mass is 9.72. The molecule has 12 rings (SSSR count). The first-order chi connectivity index (χ1) is 33.5. The predicted molar refractivity (Wildman–Crippen MR) is 257 cm³/mol. The summed E-state index contributed by atoms with van der Waals surface area (Å²) in [6.45, 7) is 6.03. The van der Waals surface area contributed by atoms with Crippen molar-refractivity contribution in [3.05, 3.63) is 101 Å². The molecule has 0 bridgehead atoms. The highest BCUT2D eigenvalue weighted by atomic mass is 32.1. The van der Waals surface area contributed by atoms with Crippen LogP contribution in [0.25, 0.3) is 22.0 Å². The fourth-order valence-electron chi connectivity index (χ4n) is 11.5. The van der Waals surface area contributed by atoms with Gasteiger partial charge in [0.2, 0.25) is 11.8 Å². The average molecular weight is 951 g/mol. The molecule has 2 N–H and O–H groups in total. The van der Waals surface area contributed by atoms with E-state index in [1.165, 1.54) is 27.2 Å². The Balaban J connectivity index is 0.644. The Morgan fingerprint density at radius 1 is 0.899 bits per heavy atom. The molecule has 69 heavy (non-hydrogen) atoms. The Bertz CT molecular complexity index is 3060. The quantitative estimate of drug-likeness (QED) is 0.163. The van der Waals surface area contributed by atoms with Crippen LogP contribution in [-0.4, -0.2) is 110 Å². The summed E-state index contributed by atoms with van der Waals surface area (Å²) in [5.74, 6) is -0.519. The van der Waals surface area contributed by atoms with Crippen molar-refractivity contribution in [1.29, 1.82) is 0 Å². The van der Waals surface area contributed by atoms with Crippen LogP contribution >= 0.6 is 11.3 Å². The van der Waals surface area contributed by atoms with Crippen molar-refractivity contribution in [1.82, 2.24) is 39.4 Å². The summed E-state index contributed by atoms with van der Waals surface area (Å²) >= 11 is 1.28. The number of urea groups is 1. The molecule has 4 fully saturated rings. The minimum atomic E-state index is -1.05. The third-order valence-electron chi connectivity index (χ3n) is 15.1. The smallest absolute Gasteiger partial charge is 0.329 e. The van der Waals surface area contributed by atoms with Gasteiger partial charge in [-0.05, 0) is 91.6 Å². The largest absolute Gasteiger partial charge is 0.371 e. The van der Waals surface area contributed by atoms with Crippen molar-refractivity contribution in [2.24, 2.45) is 18.4 Å². The monoisotopic (exact) mass is 950 g/mol. The second-order valence-electron chi connectivity index (χ2n) is 19.6. The number of likely N-dealkylation sites (tertiary alicyclic amines) is 1. The summed E-state index contributed by atoms with van der Waals surface area (Å²) in [5.41, 5.74) is 6.45. The van der Waals surface area contributed by atoms with Gasteiger partial charge in [0.25, 0.3) is 11.8 Å². The summed E-state index contributed by atoms with van der Waals surface area (Å²) in [6.07, 6.45) is 8.69.